The van der Waals surface area contributed by atoms with Crippen molar-refractivity contribution in [2.75, 3.05) is 20.2 Å². The van der Waals surface area contributed by atoms with Gasteiger partial charge in [0.25, 0.3) is 0 Å². The number of hydrogen-bond acceptors (Lipinski definition) is 4. The van der Waals surface area contributed by atoms with E-state index in [-0.39, 0.29) is 0 Å². The van der Waals surface area contributed by atoms with Crippen molar-refractivity contribution < 1.29 is 9.84 Å². The molecule has 0 unspecified atom stereocenters. The van der Waals surface area contributed by atoms with E-state index in [4.69, 9.17) is 4.74 Å². The van der Waals surface area contributed by atoms with Crippen molar-refractivity contribution in [2.24, 2.45) is 0 Å². The minimum atomic E-state index is -0.715. The lowest BCUT2D eigenvalue weighted by Crippen LogP contribution is -2.42. The predicted octanol–water partition coefficient (Wildman–Crippen LogP) is 3.73. The number of methoxy groups -OCH3 is 1. The van der Waals surface area contributed by atoms with Crippen molar-refractivity contribution in [3.8, 4) is 5.75 Å². The molecule has 1 aliphatic rings. The lowest BCUT2D eigenvalue weighted by Gasteiger charge is -2.38. The van der Waals surface area contributed by atoms with Crippen molar-refractivity contribution in [3.63, 3.8) is 0 Å². The summed E-state index contributed by atoms with van der Waals surface area (Å²) in [7, 11) is 1.71. The fraction of sp³-hybridized carbons (Fsp3) is 0.375. The van der Waals surface area contributed by atoms with Crippen LogP contribution in [0.3, 0.4) is 0 Å². The summed E-state index contributed by atoms with van der Waals surface area (Å²) in [6.45, 7) is 5.40. The SMILES string of the molecule is COc1ccc(CN2CCC(O)(c3cccc(C)c3)CC2)cc1Cn1cccn1. The molecule has 0 atom stereocenters. The van der Waals surface area contributed by atoms with E-state index in [1.165, 1.54) is 11.1 Å². The van der Waals surface area contributed by atoms with Gasteiger partial charge in [-0.1, -0.05) is 35.9 Å². The van der Waals surface area contributed by atoms with Crippen LogP contribution in [0.25, 0.3) is 0 Å². The maximum atomic E-state index is 11.2. The Morgan fingerprint density at radius 3 is 2.59 bits per heavy atom. The summed E-state index contributed by atoms with van der Waals surface area (Å²) in [5.41, 5.74) is 3.91. The third-order valence-electron chi connectivity index (χ3n) is 5.88. The fourth-order valence-corrected chi connectivity index (χ4v) is 4.18. The number of piperidine rings is 1. The van der Waals surface area contributed by atoms with Gasteiger partial charge < -0.3 is 9.84 Å². The molecule has 0 bridgehead atoms. The fourth-order valence-electron chi connectivity index (χ4n) is 4.18. The van der Waals surface area contributed by atoms with E-state index in [2.05, 4.69) is 41.2 Å². The van der Waals surface area contributed by atoms with E-state index >= 15 is 0 Å². The first-order chi connectivity index (χ1) is 14.1. The zero-order valence-corrected chi connectivity index (χ0v) is 17.2. The second-order valence-corrected chi connectivity index (χ2v) is 8.03. The van der Waals surface area contributed by atoms with Crippen molar-refractivity contribution in [1.82, 2.24) is 14.7 Å². The van der Waals surface area contributed by atoms with Crippen LogP contribution < -0.4 is 4.74 Å². The minimum Gasteiger partial charge on any atom is -0.496 e. The Kier molecular flexibility index (Phi) is 5.69. The minimum absolute atomic E-state index is 0.692. The quantitative estimate of drug-likeness (QED) is 0.696. The molecule has 1 aromatic heterocycles. The highest BCUT2D eigenvalue weighted by Crippen LogP contribution is 2.34. The summed E-state index contributed by atoms with van der Waals surface area (Å²) in [6, 6.07) is 16.6. The van der Waals surface area contributed by atoms with E-state index < -0.39 is 5.60 Å². The molecule has 1 saturated heterocycles. The molecule has 2 aromatic carbocycles. The zero-order valence-electron chi connectivity index (χ0n) is 17.2. The van der Waals surface area contributed by atoms with Gasteiger partial charge in [0.05, 0.1) is 19.3 Å². The van der Waals surface area contributed by atoms with Gasteiger partial charge in [-0.15, -0.1) is 0 Å². The van der Waals surface area contributed by atoms with E-state index in [9.17, 15) is 5.11 Å². The van der Waals surface area contributed by atoms with Crippen LogP contribution in [-0.4, -0.2) is 40.0 Å². The molecule has 0 radical (unpaired) electrons. The highest BCUT2D eigenvalue weighted by atomic mass is 16.5. The molecule has 1 aliphatic heterocycles. The molecule has 0 amide bonds. The average molecular weight is 392 g/mol. The van der Waals surface area contributed by atoms with E-state index in [1.807, 2.05) is 35.1 Å². The number of ether oxygens (including phenoxy) is 1. The van der Waals surface area contributed by atoms with Gasteiger partial charge in [0, 0.05) is 37.6 Å². The molecule has 3 aromatic rings. The summed E-state index contributed by atoms with van der Waals surface area (Å²) in [5.74, 6) is 0.886. The molecular formula is C24H29N3O2. The van der Waals surface area contributed by atoms with Crippen LogP contribution in [0.4, 0.5) is 0 Å². The van der Waals surface area contributed by atoms with Crippen LogP contribution in [0.5, 0.6) is 5.75 Å². The Hall–Kier alpha value is -2.63. The van der Waals surface area contributed by atoms with Crippen molar-refractivity contribution >= 4 is 0 Å². The van der Waals surface area contributed by atoms with Gasteiger partial charge in [-0.2, -0.15) is 5.10 Å². The van der Waals surface area contributed by atoms with Gasteiger partial charge in [0.2, 0.25) is 0 Å². The van der Waals surface area contributed by atoms with Crippen LogP contribution in [0.1, 0.15) is 35.1 Å². The molecule has 0 spiro atoms. The van der Waals surface area contributed by atoms with Gasteiger partial charge in [-0.25, -0.2) is 0 Å². The smallest absolute Gasteiger partial charge is 0.123 e. The summed E-state index contributed by atoms with van der Waals surface area (Å²) in [6.07, 6.45) is 5.27. The van der Waals surface area contributed by atoms with Crippen molar-refractivity contribution in [2.45, 2.75) is 38.5 Å². The summed E-state index contributed by atoms with van der Waals surface area (Å²) in [5, 5.41) is 15.5. The van der Waals surface area contributed by atoms with E-state index in [1.54, 1.807) is 13.3 Å². The third-order valence-corrected chi connectivity index (χ3v) is 5.88. The molecule has 0 aliphatic carbocycles. The Bertz CT molecular complexity index is 945. The largest absolute Gasteiger partial charge is 0.496 e. The first-order valence-electron chi connectivity index (χ1n) is 10.2. The second-order valence-electron chi connectivity index (χ2n) is 8.03. The van der Waals surface area contributed by atoms with Crippen molar-refractivity contribution in [1.29, 1.82) is 0 Å². The molecule has 1 fully saturated rings. The number of rotatable bonds is 6. The first-order valence-corrected chi connectivity index (χ1v) is 10.2. The Morgan fingerprint density at radius 2 is 1.90 bits per heavy atom. The highest BCUT2D eigenvalue weighted by molar-refractivity contribution is 5.37. The molecule has 4 rings (SSSR count). The summed E-state index contributed by atoms with van der Waals surface area (Å²) < 4.78 is 7.44. The average Bonchev–Trinajstić information content (AvgIpc) is 3.23. The van der Waals surface area contributed by atoms with Gasteiger partial charge >= 0.3 is 0 Å². The van der Waals surface area contributed by atoms with Crippen molar-refractivity contribution in [3.05, 3.63) is 83.2 Å². The van der Waals surface area contributed by atoms with Crippen LogP contribution in [0, 0.1) is 6.92 Å². The molecular weight excluding hydrogens is 362 g/mol. The van der Waals surface area contributed by atoms with Crippen LogP contribution in [-0.2, 0) is 18.7 Å². The van der Waals surface area contributed by atoms with Gasteiger partial charge in [-0.3, -0.25) is 9.58 Å². The predicted molar refractivity (Wildman–Crippen MR) is 114 cm³/mol. The zero-order chi connectivity index (χ0) is 20.3. The summed E-state index contributed by atoms with van der Waals surface area (Å²) >= 11 is 0. The van der Waals surface area contributed by atoms with Crippen LogP contribution >= 0.6 is 0 Å². The highest BCUT2D eigenvalue weighted by Gasteiger charge is 2.33. The van der Waals surface area contributed by atoms with Gasteiger partial charge in [0.1, 0.15) is 5.75 Å². The van der Waals surface area contributed by atoms with Crippen LogP contribution in [0.15, 0.2) is 60.9 Å². The van der Waals surface area contributed by atoms with E-state index in [0.29, 0.717) is 6.54 Å². The van der Waals surface area contributed by atoms with Gasteiger partial charge in [-0.05, 0) is 49.1 Å². The molecule has 5 nitrogen and oxygen atoms in total. The summed E-state index contributed by atoms with van der Waals surface area (Å²) in [4.78, 5) is 2.42. The molecule has 2 heterocycles. The lowest BCUT2D eigenvalue weighted by molar-refractivity contribution is -0.0277. The van der Waals surface area contributed by atoms with E-state index in [0.717, 1.165) is 49.4 Å². The number of aliphatic hydroxyl groups is 1. The van der Waals surface area contributed by atoms with Gasteiger partial charge in [0.15, 0.2) is 0 Å². The number of likely N-dealkylation sites (tertiary alicyclic amines) is 1. The molecule has 1 N–H and O–H groups in total. The third kappa shape index (κ3) is 4.52. The first kappa shape index (κ1) is 19.7. The number of hydrogen-bond donors (Lipinski definition) is 1. The number of aryl methyl sites for hydroxylation is 1. The molecule has 29 heavy (non-hydrogen) atoms. The Labute approximate surface area is 172 Å². The molecule has 0 saturated carbocycles. The van der Waals surface area contributed by atoms with Crippen LogP contribution in [0.2, 0.25) is 0 Å². The normalized spacial score (nSPS) is 16.7. The lowest BCUT2D eigenvalue weighted by atomic mass is 9.84. The number of benzene rings is 2. The molecule has 5 heteroatoms. The molecule has 152 valence electrons. The standard InChI is InChI=1S/C24H29N3O2/c1-19-5-3-6-22(15-19)24(28)9-13-26(14-10-24)17-20-7-8-23(29-2)21(16-20)18-27-12-4-11-25-27/h3-8,11-12,15-16,28H,9-10,13-14,17-18H2,1-2H3. The maximum Gasteiger partial charge on any atom is 0.123 e. The Morgan fingerprint density at radius 1 is 1.07 bits per heavy atom. The maximum absolute atomic E-state index is 11.2. The number of nitrogens with zero attached hydrogens (tertiary/aromatic N) is 3. The topological polar surface area (TPSA) is 50.5 Å². The second kappa shape index (κ2) is 8.39. The monoisotopic (exact) mass is 391 g/mol. The Balaban J connectivity index is 1.42. The number of aromatic nitrogens is 2.